The summed E-state index contributed by atoms with van der Waals surface area (Å²) < 4.78 is 3.00. The number of aromatic amines is 1. The Balaban J connectivity index is 2.13. The van der Waals surface area contributed by atoms with Gasteiger partial charge in [-0.2, -0.15) is 5.10 Å². The Labute approximate surface area is 141 Å². The number of nitro benzene ring substituents is 1. The van der Waals surface area contributed by atoms with Crippen molar-refractivity contribution < 1.29 is 9.61 Å². The highest BCUT2D eigenvalue weighted by Gasteiger charge is 2.23. The molecule has 23 heavy (non-hydrogen) atoms. The molecule has 1 N–H and O–H groups in total. The van der Waals surface area contributed by atoms with Gasteiger partial charge in [0.2, 0.25) is 11.4 Å². The number of benzene rings is 2. The number of rotatable bonds is 3. The van der Waals surface area contributed by atoms with Gasteiger partial charge in [0, 0.05) is 35.7 Å². The Bertz CT molecular complexity index is 885. The Kier molecular flexibility index (Phi) is 4.00. The molecule has 0 aliphatic rings. The molecule has 0 saturated heterocycles. The standard InChI is InChI=1S/C17H14BrN3O2/c1-11-17(13-4-3-5-16(10-13)21(22)23)12(2)20(19-11)15-8-6-14(18)7-9-15/h3-10H,1-2H3/p+1. The van der Waals surface area contributed by atoms with Crippen LogP contribution in [0.2, 0.25) is 0 Å². The van der Waals surface area contributed by atoms with Crippen molar-refractivity contribution in [3.05, 3.63) is 74.5 Å². The fourth-order valence-electron chi connectivity index (χ4n) is 2.74. The number of hydrogen-bond acceptors (Lipinski definition) is 2. The van der Waals surface area contributed by atoms with Crippen molar-refractivity contribution >= 4 is 21.6 Å². The van der Waals surface area contributed by atoms with Gasteiger partial charge in [-0.1, -0.05) is 32.7 Å². The lowest BCUT2D eigenvalue weighted by Crippen LogP contribution is -2.35. The molecule has 2 aromatic carbocycles. The predicted octanol–water partition coefficient (Wildman–Crippen LogP) is 4.25. The minimum Gasteiger partial charge on any atom is -0.258 e. The van der Waals surface area contributed by atoms with Gasteiger partial charge in [0.15, 0.2) is 0 Å². The molecule has 0 amide bonds. The lowest BCUT2D eigenvalue weighted by Gasteiger charge is -1.99. The van der Waals surface area contributed by atoms with Gasteiger partial charge in [-0.15, -0.1) is 0 Å². The molecule has 1 heterocycles. The van der Waals surface area contributed by atoms with Crippen molar-refractivity contribution in [2.24, 2.45) is 0 Å². The normalized spacial score (nSPS) is 10.7. The summed E-state index contributed by atoms with van der Waals surface area (Å²) in [4.78, 5) is 10.6. The monoisotopic (exact) mass is 372 g/mol. The highest BCUT2D eigenvalue weighted by atomic mass is 79.9. The van der Waals surface area contributed by atoms with E-state index in [9.17, 15) is 10.1 Å². The van der Waals surface area contributed by atoms with Crippen LogP contribution in [-0.2, 0) is 0 Å². The molecule has 1 aromatic heterocycles. The molecule has 6 heteroatoms. The SMILES string of the molecule is Cc1[nH][n+](-c2ccc(Br)cc2)c(C)c1-c1cccc([N+](=O)[O-])c1. The van der Waals surface area contributed by atoms with E-state index in [1.54, 1.807) is 12.1 Å². The van der Waals surface area contributed by atoms with Crippen molar-refractivity contribution in [1.82, 2.24) is 5.10 Å². The Morgan fingerprint density at radius 1 is 1.13 bits per heavy atom. The average Bonchev–Trinajstić information content (AvgIpc) is 2.83. The van der Waals surface area contributed by atoms with Gasteiger partial charge < -0.3 is 0 Å². The van der Waals surface area contributed by atoms with Crippen molar-refractivity contribution in [1.29, 1.82) is 0 Å². The molecule has 0 radical (unpaired) electrons. The third-order valence-electron chi connectivity index (χ3n) is 3.78. The first-order valence-corrected chi connectivity index (χ1v) is 7.88. The van der Waals surface area contributed by atoms with Crippen LogP contribution in [0.1, 0.15) is 11.4 Å². The van der Waals surface area contributed by atoms with E-state index in [0.717, 1.165) is 32.7 Å². The number of H-pyrrole nitrogens is 1. The number of aromatic nitrogens is 2. The fourth-order valence-corrected chi connectivity index (χ4v) is 3.00. The Morgan fingerprint density at radius 2 is 1.83 bits per heavy atom. The number of hydrogen-bond donors (Lipinski definition) is 1. The van der Waals surface area contributed by atoms with Gasteiger partial charge in [-0.05, 0) is 24.6 Å². The van der Waals surface area contributed by atoms with E-state index < -0.39 is 0 Å². The molecule has 5 nitrogen and oxygen atoms in total. The minimum absolute atomic E-state index is 0.0951. The number of halogens is 1. The Morgan fingerprint density at radius 3 is 2.48 bits per heavy atom. The first-order chi connectivity index (χ1) is 11.0. The average molecular weight is 373 g/mol. The lowest BCUT2D eigenvalue weighted by atomic mass is 10.0. The highest BCUT2D eigenvalue weighted by molar-refractivity contribution is 9.10. The molecule has 0 spiro atoms. The predicted molar refractivity (Wildman–Crippen MR) is 91.6 cm³/mol. The second kappa shape index (κ2) is 5.96. The van der Waals surface area contributed by atoms with Gasteiger partial charge in [0.05, 0.1) is 16.2 Å². The van der Waals surface area contributed by atoms with Crippen LogP contribution in [0.4, 0.5) is 5.69 Å². The molecule has 3 rings (SSSR count). The van der Waals surface area contributed by atoms with E-state index in [2.05, 4.69) is 21.0 Å². The molecular weight excluding hydrogens is 358 g/mol. The molecule has 0 unspecified atom stereocenters. The van der Waals surface area contributed by atoms with Gasteiger partial charge in [-0.3, -0.25) is 10.1 Å². The van der Waals surface area contributed by atoms with E-state index >= 15 is 0 Å². The second-order valence-corrected chi connectivity index (χ2v) is 6.23. The zero-order valence-corrected chi connectivity index (χ0v) is 14.3. The van der Waals surface area contributed by atoms with Crippen LogP contribution in [0.25, 0.3) is 16.8 Å². The van der Waals surface area contributed by atoms with Gasteiger partial charge in [-0.25, -0.2) is 0 Å². The van der Waals surface area contributed by atoms with E-state index in [1.165, 1.54) is 6.07 Å². The zero-order valence-electron chi connectivity index (χ0n) is 12.7. The summed E-state index contributed by atoms with van der Waals surface area (Å²) in [6, 6.07) is 14.7. The van der Waals surface area contributed by atoms with Crippen LogP contribution in [0.15, 0.2) is 53.0 Å². The maximum Gasteiger partial charge on any atom is 0.270 e. The molecule has 0 aliphatic carbocycles. The van der Waals surface area contributed by atoms with Crippen molar-refractivity contribution in [3.8, 4) is 16.8 Å². The number of aryl methyl sites for hydroxylation is 1. The van der Waals surface area contributed by atoms with Crippen molar-refractivity contribution in [2.75, 3.05) is 0 Å². The van der Waals surface area contributed by atoms with Crippen molar-refractivity contribution in [2.45, 2.75) is 13.8 Å². The fraction of sp³-hybridized carbons (Fsp3) is 0.118. The highest BCUT2D eigenvalue weighted by Crippen LogP contribution is 2.28. The smallest absolute Gasteiger partial charge is 0.258 e. The third-order valence-corrected chi connectivity index (χ3v) is 4.31. The summed E-state index contributed by atoms with van der Waals surface area (Å²) in [6.07, 6.45) is 0. The first-order valence-electron chi connectivity index (χ1n) is 7.09. The number of non-ortho nitro benzene ring substituents is 1. The number of nitro groups is 1. The van der Waals surface area contributed by atoms with E-state index in [0.29, 0.717) is 0 Å². The first kappa shape index (κ1) is 15.4. The van der Waals surface area contributed by atoms with Crippen LogP contribution >= 0.6 is 15.9 Å². The van der Waals surface area contributed by atoms with E-state index in [4.69, 9.17) is 0 Å². The van der Waals surface area contributed by atoms with E-state index in [-0.39, 0.29) is 10.6 Å². The molecular formula is C17H15BrN3O2+. The molecule has 3 aromatic rings. The topological polar surface area (TPSA) is 62.8 Å². The maximum atomic E-state index is 11.0. The van der Waals surface area contributed by atoms with Crippen LogP contribution in [0.5, 0.6) is 0 Å². The number of nitrogens with zero attached hydrogens (tertiary/aromatic N) is 2. The molecule has 0 bridgehead atoms. The van der Waals surface area contributed by atoms with Crippen molar-refractivity contribution in [3.63, 3.8) is 0 Å². The molecule has 0 atom stereocenters. The minimum atomic E-state index is -0.371. The van der Waals surface area contributed by atoms with Gasteiger partial charge >= 0.3 is 0 Å². The molecule has 0 saturated carbocycles. The van der Waals surface area contributed by atoms with Crippen LogP contribution < -0.4 is 4.68 Å². The van der Waals surface area contributed by atoms with Gasteiger partial charge in [0.1, 0.15) is 0 Å². The summed E-state index contributed by atoms with van der Waals surface area (Å²) in [5, 5.41) is 14.3. The summed E-state index contributed by atoms with van der Waals surface area (Å²) in [5.41, 5.74) is 4.89. The third kappa shape index (κ3) is 2.90. The molecule has 116 valence electrons. The molecule has 0 aliphatic heterocycles. The maximum absolute atomic E-state index is 11.0. The summed E-state index contributed by atoms with van der Waals surface area (Å²) in [6.45, 7) is 3.97. The zero-order chi connectivity index (χ0) is 16.6. The van der Waals surface area contributed by atoms with E-state index in [1.807, 2.05) is 48.9 Å². The summed E-state index contributed by atoms with van der Waals surface area (Å²) in [7, 11) is 0. The quantitative estimate of drug-likeness (QED) is 0.424. The number of nitrogens with one attached hydrogen (secondary N) is 1. The van der Waals surface area contributed by atoms with Crippen LogP contribution in [0, 0.1) is 24.0 Å². The summed E-state index contributed by atoms with van der Waals surface area (Å²) >= 11 is 3.43. The second-order valence-electron chi connectivity index (χ2n) is 5.32. The molecule has 0 fully saturated rings. The largest absolute Gasteiger partial charge is 0.270 e. The summed E-state index contributed by atoms with van der Waals surface area (Å²) in [5.74, 6) is 0. The Hall–Kier alpha value is -2.47. The van der Waals surface area contributed by atoms with Gasteiger partial charge in [0.25, 0.3) is 5.69 Å². The lowest BCUT2D eigenvalue weighted by molar-refractivity contribution is -0.661. The van der Waals surface area contributed by atoms with Crippen LogP contribution in [0.3, 0.4) is 0 Å². The van der Waals surface area contributed by atoms with Crippen LogP contribution in [-0.4, -0.2) is 10.0 Å².